The molecule has 0 spiro atoms. The number of aromatic hydroxyl groups is 2. The summed E-state index contributed by atoms with van der Waals surface area (Å²) in [6.45, 7) is 1.01. The van der Waals surface area contributed by atoms with Crippen molar-refractivity contribution in [2.75, 3.05) is 13.2 Å². The number of carbonyl (C=O) groups excluding carboxylic acids is 1. The van der Waals surface area contributed by atoms with E-state index in [9.17, 15) is 30.3 Å². The lowest BCUT2D eigenvalue weighted by molar-refractivity contribution is -0.277. The van der Waals surface area contributed by atoms with Crippen molar-refractivity contribution in [1.29, 1.82) is 0 Å². The minimum atomic E-state index is -1.72. The zero-order valence-corrected chi connectivity index (χ0v) is 13.3. The Morgan fingerprint density at radius 2 is 1.84 bits per heavy atom. The largest absolute Gasteiger partial charge is 0.504 e. The molecule has 2 rings (SSSR count). The Balaban J connectivity index is 2.27. The normalized spacial score (nSPS) is 29.2. The van der Waals surface area contributed by atoms with E-state index in [2.05, 4.69) is 0 Å². The summed E-state index contributed by atoms with van der Waals surface area (Å²) in [5.74, 6) is -2.61. The Kier molecular flexibility index (Phi) is 6.03. The molecule has 0 radical (unpaired) electrons. The molecule has 10 nitrogen and oxygen atoms in total. The number of benzene rings is 1. The van der Waals surface area contributed by atoms with Crippen LogP contribution in [-0.4, -0.2) is 80.5 Å². The molecule has 25 heavy (non-hydrogen) atoms. The fourth-order valence-electron chi connectivity index (χ4n) is 2.31. The van der Waals surface area contributed by atoms with E-state index in [0.29, 0.717) is 0 Å². The molecule has 5 atom stereocenters. The fraction of sp³-hybridized carbons (Fsp3) is 0.533. The van der Waals surface area contributed by atoms with Gasteiger partial charge in [0, 0.05) is 0 Å². The third-order valence-corrected chi connectivity index (χ3v) is 3.66. The van der Waals surface area contributed by atoms with Gasteiger partial charge < -0.3 is 44.8 Å². The monoisotopic (exact) mass is 360 g/mol. The van der Waals surface area contributed by atoms with Crippen molar-refractivity contribution < 1.29 is 49.6 Å². The average molecular weight is 360 g/mol. The highest BCUT2D eigenvalue weighted by atomic mass is 16.7. The van der Waals surface area contributed by atoms with E-state index in [-0.39, 0.29) is 12.2 Å². The van der Waals surface area contributed by atoms with Gasteiger partial charge in [0.25, 0.3) is 0 Å². The van der Waals surface area contributed by atoms with Crippen LogP contribution in [0.25, 0.3) is 0 Å². The Morgan fingerprint density at radius 3 is 2.44 bits per heavy atom. The maximum absolute atomic E-state index is 11.8. The molecular formula is C15H20O10. The van der Waals surface area contributed by atoms with Gasteiger partial charge in [0.2, 0.25) is 12.0 Å². The molecule has 0 bridgehead atoms. The number of carbonyl (C=O) groups is 1. The summed E-state index contributed by atoms with van der Waals surface area (Å²) in [4.78, 5) is 11.8. The first-order valence-corrected chi connectivity index (χ1v) is 7.50. The highest BCUT2D eigenvalue weighted by molar-refractivity contribution is 5.91. The second kappa shape index (κ2) is 7.85. The van der Waals surface area contributed by atoms with Gasteiger partial charge in [-0.3, -0.25) is 0 Å². The Morgan fingerprint density at radius 1 is 1.16 bits per heavy atom. The summed E-state index contributed by atoms with van der Waals surface area (Å²) >= 11 is 0. The van der Waals surface area contributed by atoms with Gasteiger partial charge in [-0.1, -0.05) is 0 Å². The molecule has 1 aromatic rings. The van der Waals surface area contributed by atoms with Crippen LogP contribution < -0.4 is 4.74 Å². The number of aliphatic hydroxyl groups excluding tert-OH is 4. The lowest BCUT2D eigenvalue weighted by Crippen LogP contribution is -2.60. The molecule has 1 fully saturated rings. The molecule has 1 aromatic carbocycles. The van der Waals surface area contributed by atoms with Crippen molar-refractivity contribution in [3.8, 4) is 17.2 Å². The topological polar surface area (TPSA) is 166 Å². The minimum absolute atomic E-state index is 0.0867. The SMILES string of the molecule is CCOC(=O)c1cc(O)c(O)c(OC2O[C@H](CO)[C@@H](O)[C@H](O)[C@H]2O)c1. The first-order valence-electron chi connectivity index (χ1n) is 7.50. The van der Waals surface area contributed by atoms with Crippen molar-refractivity contribution in [2.45, 2.75) is 37.6 Å². The molecular weight excluding hydrogens is 340 g/mol. The third-order valence-electron chi connectivity index (χ3n) is 3.66. The van der Waals surface area contributed by atoms with Gasteiger partial charge in [-0.15, -0.1) is 0 Å². The van der Waals surface area contributed by atoms with Crippen molar-refractivity contribution in [1.82, 2.24) is 0 Å². The van der Waals surface area contributed by atoms with E-state index in [1.807, 2.05) is 0 Å². The second-order valence-corrected chi connectivity index (χ2v) is 5.38. The van der Waals surface area contributed by atoms with Gasteiger partial charge in [0.05, 0.1) is 18.8 Å². The third kappa shape index (κ3) is 3.94. The zero-order valence-electron chi connectivity index (χ0n) is 13.3. The smallest absolute Gasteiger partial charge is 0.338 e. The number of hydrogen-bond acceptors (Lipinski definition) is 10. The predicted molar refractivity (Wildman–Crippen MR) is 80.1 cm³/mol. The Labute approximate surface area is 142 Å². The average Bonchev–Trinajstić information content (AvgIpc) is 2.59. The van der Waals surface area contributed by atoms with E-state index in [1.54, 1.807) is 6.92 Å². The van der Waals surface area contributed by atoms with Gasteiger partial charge in [-0.2, -0.15) is 0 Å². The molecule has 1 aliphatic rings. The first-order chi connectivity index (χ1) is 11.8. The van der Waals surface area contributed by atoms with Crippen molar-refractivity contribution >= 4 is 5.97 Å². The van der Waals surface area contributed by atoms with E-state index in [1.165, 1.54) is 0 Å². The molecule has 1 heterocycles. The van der Waals surface area contributed by atoms with E-state index < -0.39 is 60.5 Å². The number of rotatable bonds is 5. The quantitative estimate of drug-likeness (QED) is 0.267. The summed E-state index contributed by atoms with van der Waals surface area (Å²) in [5.41, 5.74) is -0.128. The lowest BCUT2D eigenvalue weighted by Gasteiger charge is -2.39. The molecule has 10 heteroatoms. The van der Waals surface area contributed by atoms with Crippen molar-refractivity contribution in [3.63, 3.8) is 0 Å². The van der Waals surface area contributed by atoms with Crippen LogP contribution in [0.3, 0.4) is 0 Å². The van der Waals surface area contributed by atoms with E-state index in [4.69, 9.17) is 19.3 Å². The summed E-state index contributed by atoms with van der Waals surface area (Å²) in [6, 6.07) is 2.02. The number of hydrogen-bond donors (Lipinski definition) is 6. The zero-order chi connectivity index (χ0) is 18.7. The summed E-state index contributed by atoms with van der Waals surface area (Å²) in [6.07, 6.45) is -7.77. The lowest BCUT2D eigenvalue weighted by atomic mass is 9.99. The molecule has 0 amide bonds. The number of esters is 1. The van der Waals surface area contributed by atoms with Gasteiger partial charge in [0.15, 0.2) is 11.5 Å². The minimum Gasteiger partial charge on any atom is -0.504 e. The number of phenolic OH excluding ortho intramolecular Hbond substituents is 2. The van der Waals surface area contributed by atoms with Crippen LogP contribution in [0.15, 0.2) is 12.1 Å². The van der Waals surface area contributed by atoms with Gasteiger partial charge in [-0.25, -0.2) is 4.79 Å². The van der Waals surface area contributed by atoms with E-state index >= 15 is 0 Å². The molecule has 0 aliphatic carbocycles. The van der Waals surface area contributed by atoms with Crippen molar-refractivity contribution in [3.05, 3.63) is 17.7 Å². The highest BCUT2D eigenvalue weighted by Crippen LogP contribution is 2.38. The molecule has 0 aromatic heterocycles. The van der Waals surface area contributed by atoms with E-state index in [0.717, 1.165) is 12.1 Å². The van der Waals surface area contributed by atoms with Crippen LogP contribution in [0.1, 0.15) is 17.3 Å². The molecule has 1 aliphatic heterocycles. The van der Waals surface area contributed by atoms with Gasteiger partial charge in [0.1, 0.15) is 24.4 Å². The second-order valence-electron chi connectivity index (χ2n) is 5.38. The van der Waals surface area contributed by atoms with Crippen LogP contribution in [0.2, 0.25) is 0 Å². The maximum atomic E-state index is 11.8. The van der Waals surface area contributed by atoms with Crippen LogP contribution in [0, 0.1) is 0 Å². The van der Waals surface area contributed by atoms with Crippen molar-refractivity contribution in [2.24, 2.45) is 0 Å². The fourth-order valence-corrected chi connectivity index (χ4v) is 2.31. The summed E-state index contributed by atoms with van der Waals surface area (Å²) in [5, 5.41) is 58.1. The first kappa shape index (κ1) is 19.2. The summed E-state index contributed by atoms with van der Waals surface area (Å²) in [7, 11) is 0. The molecule has 140 valence electrons. The number of ether oxygens (including phenoxy) is 3. The predicted octanol–water partition coefficient (Wildman–Crippen LogP) is -1.55. The Bertz CT molecular complexity index is 617. The Hall–Kier alpha value is -2.11. The molecule has 1 unspecified atom stereocenters. The van der Waals surface area contributed by atoms with Crippen LogP contribution in [-0.2, 0) is 9.47 Å². The standard InChI is InChI=1S/C15H20O10/c1-2-23-14(22)6-3-7(17)10(18)8(4-6)24-15-13(21)12(20)11(19)9(5-16)25-15/h3-4,9,11-13,15-21H,2,5H2,1H3/t9-,11-,12+,13-,15?/m1/s1. The summed E-state index contributed by atoms with van der Waals surface area (Å²) < 4.78 is 15.1. The van der Waals surface area contributed by atoms with Crippen LogP contribution in [0.4, 0.5) is 0 Å². The maximum Gasteiger partial charge on any atom is 0.338 e. The molecule has 6 N–H and O–H groups in total. The van der Waals surface area contributed by atoms with Crippen LogP contribution in [0.5, 0.6) is 17.2 Å². The van der Waals surface area contributed by atoms with Gasteiger partial charge in [-0.05, 0) is 19.1 Å². The van der Waals surface area contributed by atoms with Crippen LogP contribution >= 0.6 is 0 Å². The van der Waals surface area contributed by atoms with Gasteiger partial charge >= 0.3 is 5.97 Å². The molecule has 1 saturated heterocycles. The number of aliphatic hydroxyl groups is 4. The number of phenols is 2. The molecule has 0 saturated carbocycles. The highest BCUT2D eigenvalue weighted by Gasteiger charge is 2.45.